The van der Waals surface area contributed by atoms with Crippen molar-refractivity contribution in [3.8, 4) is 5.75 Å². The molecule has 0 aromatic heterocycles. The molecule has 0 fully saturated rings. The van der Waals surface area contributed by atoms with Gasteiger partial charge in [0.2, 0.25) is 0 Å². The second kappa shape index (κ2) is 9.49. The fraction of sp³-hybridized carbons (Fsp3) is 0.364. The SMILES string of the molecule is CCCCCc1ccc(C2=NOC(COc3ccc(F)c(C(N)=O)c3F)C2)cc1. The smallest absolute Gasteiger partial charge is 0.254 e. The highest BCUT2D eigenvalue weighted by Crippen LogP contribution is 2.25. The maximum absolute atomic E-state index is 14.2. The number of carbonyl (C=O) groups is 1. The molecule has 2 N–H and O–H groups in total. The van der Waals surface area contributed by atoms with E-state index in [1.807, 2.05) is 12.1 Å². The van der Waals surface area contributed by atoms with Crippen LogP contribution in [-0.4, -0.2) is 24.3 Å². The number of aryl methyl sites for hydroxylation is 1. The van der Waals surface area contributed by atoms with E-state index < -0.39 is 29.2 Å². The Morgan fingerprint density at radius 3 is 2.66 bits per heavy atom. The fourth-order valence-corrected chi connectivity index (χ4v) is 3.18. The van der Waals surface area contributed by atoms with Crippen LogP contribution in [0.25, 0.3) is 0 Å². The molecule has 154 valence electrons. The van der Waals surface area contributed by atoms with Crippen LogP contribution in [0.2, 0.25) is 0 Å². The number of unbranched alkanes of at least 4 members (excludes halogenated alkanes) is 2. The fourth-order valence-electron chi connectivity index (χ4n) is 3.18. The van der Waals surface area contributed by atoms with Crippen molar-refractivity contribution in [2.75, 3.05) is 6.61 Å². The molecule has 0 aliphatic carbocycles. The van der Waals surface area contributed by atoms with Crippen LogP contribution in [0.5, 0.6) is 5.75 Å². The summed E-state index contributed by atoms with van der Waals surface area (Å²) in [6.07, 6.45) is 4.75. The van der Waals surface area contributed by atoms with Gasteiger partial charge in [-0.25, -0.2) is 8.78 Å². The number of carbonyl (C=O) groups excluding carboxylic acids is 1. The number of hydrogen-bond acceptors (Lipinski definition) is 4. The van der Waals surface area contributed by atoms with E-state index in [2.05, 4.69) is 24.2 Å². The number of nitrogens with zero attached hydrogens (tertiary/aromatic N) is 1. The Kier molecular flexibility index (Phi) is 6.80. The molecule has 1 heterocycles. The van der Waals surface area contributed by atoms with Gasteiger partial charge in [0.1, 0.15) is 18.0 Å². The zero-order valence-electron chi connectivity index (χ0n) is 16.3. The molecule has 1 atom stereocenters. The Balaban J connectivity index is 1.55. The van der Waals surface area contributed by atoms with E-state index in [1.165, 1.54) is 24.8 Å². The second-order valence-corrected chi connectivity index (χ2v) is 7.03. The van der Waals surface area contributed by atoms with Gasteiger partial charge in [-0.3, -0.25) is 4.79 Å². The van der Waals surface area contributed by atoms with Gasteiger partial charge in [0, 0.05) is 6.42 Å². The van der Waals surface area contributed by atoms with E-state index >= 15 is 0 Å². The summed E-state index contributed by atoms with van der Waals surface area (Å²) < 4.78 is 33.1. The van der Waals surface area contributed by atoms with Crippen LogP contribution in [0, 0.1) is 11.6 Å². The molecule has 0 bridgehead atoms. The molecule has 0 saturated heterocycles. The van der Waals surface area contributed by atoms with E-state index in [9.17, 15) is 13.6 Å². The first kappa shape index (κ1) is 20.8. The molecule has 1 amide bonds. The summed E-state index contributed by atoms with van der Waals surface area (Å²) in [5.41, 5.74) is 7.24. The van der Waals surface area contributed by atoms with Gasteiger partial charge in [-0.1, -0.05) is 49.2 Å². The predicted molar refractivity (Wildman–Crippen MR) is 106 cm³/mol. The summed E-state index contributed by atoms with van der Waals surface area (Å²) in [6, 6.07) is 10.3. The number of ether oxygens (including phenoxy) is 1. The van der Waals surface area contributed by atoms with Crippen LogP contribution < -0.4 is 10.5 Å². The van der Waals surface area contributed by atoms with E-state index in [0.717, 1.165) is 29.8 Å². The summed E-state index contributed by atoms with van der Waals surface area (Å²) in [6.45, 7) is 2.19. The number of primary amides is 1. The van der Waals surface area contributed by atoms with Crippen LogP contribution in [0.4, 0.5) is 8.78 Å². The molecule has 0 saturated carbocycles. The van der Waals surface area contributed by atoms with Crippen LogP contribution in [0.1, 0.15) is 54.1 Å². The average molecular weight is 402 g/mol. The first-order valence-electron chi connectivity index (χ1n) is 9.72. The van der Waals surface area contributed by atoms with Crippen molar-refractivity contribution in [1.29, 1.82) is 0 Å². The second-order valence-electron chi connectivity index (χ2n) is 7.03. The lowest BCUT2D eigenvalue weighted by atomic mass is 10.0. The zero-order chi connectivity index (χ0) is 20.8. The molecule has 3 rings (SSSR count). The first-order chi connectivity index (χ1) is 14.0. The molecular weight excluding hydrogens is 378 g/mol. The molecule has 2 aromatic carbocycles. The minimum Gasteiger partial charge on any atom is -0.486 e. The molecule has 1 aliphatic heterocycles. The lowest BCUT2D eigenvalue weighted by molar-refractivity contribution is 0.0458. The highest BCUT2D eigenvalue weighted by atomic mass is 19.1. The van der Waals surface area contributed by atoms with E-state index in [-0.39, 0.29) is 12.4 Å². The summed E-state index contributed by atoms with van der Waals surface area (Å²) in [5, 5.41) is 4.10. The van der Waals surface area contributed by atoms with E-state index in [4.69, 9.17) is 15.3 Å². The standard InChI is InChI=1S/C22H24F2N2O3/c1-2-3-4-5-14-6-8-15(9-7-14)18-12-16(29-26-18)13-28-19-11-10-17(23)20(21(19)24)22(25)27/h6-11,16H,2-5,12-13H2,1H3,(H2,25,27). The highest BCUT2D eigenvalue weighted by Gasteiger charge is 2.25. The first-order valence-corrected chi connectivity index (χ1v) is 9.72. The Hall–Kier alpha value is -2.96. The quantitative estimate of drug-likeness (QED) is 0.633. The van der Waals surface area contributed by atoms with Gasteiger partial charge in [-0.2, -0.15) is 0 Å². The number of rotatable bonds is 9. The van der Waals surface area contributed by atoms with Gasteiger partial charge in [0.05, 0.1) is 5.71 Å². The van der Waals surface area contributed by atoms with Gasteiger partial charge in [0.25, 0.3) is 5.91 Å². The molecule has 29 heavy (non-hydrogen) atoms. The Morgan fingerprint density at radius 2 is 1.97 bits per heavy atom. The third-order valence-corrected chi connectivity index (χ3v) is 4.82. The van der Waals surface area contributed by atoms with Gasteiger partial charge in [0.15, 0.2) is 17.7 Å². The summed E-state index contributed by atoms with van der Waals surface area (Å²) in [7, 11) is 0. The zero-order valence-corrected chi connectivity index (χ0v) is 16.3. The number of halogens is 2. The number of benzene rings is 2. The van der Waals surface area contributed by atoms with Gasteiger partial charge < -0.3 is 15.3 Å². The molecule has 0 radical (unpaired) electrons. The van der Waals surface area contributed by atoms with Crippen LogP contribution in [0.15, 0.2) is 41.6 Å². The van der Waals surface area contributed by atoms with Crippen molar-refractivity contribution in [2.45, 2.75) is 45.1 Å². The van der Waals surface area contributed by atoms with E-state index in [0.29, 0.717) is 6.42 Å². The minimum atomic E-state index is -1.19. The topological polar surface area (TPSA) is 73.9 Å². The maximum Gasteiger partial charge on any atom is 0.254 e. The molecule has 7 heteroatoms. The van der Waals surface area contributed by atoms with Crippen molar-refractivity contribution in [2.24, 2.45) is 10.9 Å². The lowest BCUT2D eigenvalue weighted by Crippen LogP contribution is -2.20. The molecule has 0 spiro atoms. The number of oxime groups is 1. The van der Waals surface area contributed by atoms with E-state index in [1.54, 1.807) is 0 Å². The maximum atomic E-state index is 14.2. The van der Waals surface area contributed by atoms with Crippen LogP contribution >= 0.6 is 0 Å². The summed E-state index contributed by atoms with van der Waals surface area (Å²) >= 11 is 0. The average Bonchev–Trinajstić information content (AvgIpc) is 3.17. The van der Waals surface area contributed by atoms with Crippen molar-refractivity contribution >= 4 is 11.6 Å². The molecular formula is C22H24F2N2O3. The van der Waals surface area contributed by atoms with Gasteiger partial charge >= 0.3 is 0 Å². The van der Waals surface area contributed by atoms with Gasteiger partial charge in [-0.15, -0.1) is 0 Å². The third kappa shape index (κ3) is 5.10. The van der Waals surface area contributed by atoms with Crippen molar-refractivity contribution in [3.05, 3.63) is 64.7 Å². The molecule has 5 nitrogen and oxygen atoms in total. The molecule has 1 aliphatic rings. The lowest BCUT2D eigenvalue weighted by Gasteiger charge is -2.12. The molecule has 1 unspecified atom stereocenters. The Labute approximate surface area is 168 Å². The minimum absolute atomic E-state index is 0.00283. The highest BCUT2D eigenvalue weighted by molar-refractivity contribution is 6.01. The Morgan fingerprint density at radius 1 is 1.21 bits per heavy atom. The number of nitrogens with two attached hydrogens (primary N) is 1. The van der Waals surface area contributed by atoms with Crippen molar-refractivity contribution < 1.29 is 23.1 Å². The Bertz CT molecular complexity index is 898. The number of hydrogen-bond donors (Lipinski definition) is 1. The molecule has 2 aromatic rings. The summed E-state index contributed by atoms with van der Waals surface area (Å²) in [4.78, 5) is 16.6. The van der Waals surface area contributed by atoms with Crippen LogP contribution in [-0.2, 0) is 11.3 Å². The van der Waals surface area contributed by atoms with Crippen molar-refractivity contribution in [1.82, 2.24) is 0 Å². The van der Waals surface area contributed by atoms with Crippen molar-refractivity contribution in [3.63, 3.8) is 0 Å². The van der Waals surface area contributed by atoms with Gasteiger partial charge in [-0.05, 0) is 36.1 Å². The monoisotopic (exact) mass is 402 g/mol. The van der Waals surface area contributed by atoms with Crippen LogP contribution in [0.3, 0.4) is 0 Å². The summed E-state index contributed by atoms with van der Waals surface area (Å²) in [5.74, 6) is -3.58. The third-order valence-electron chi connectivity index (χ3n) is 4.82. The largest absolute Gasteiger partial charge is 0.486 e. The normalized spacial score (nSPS) is 15.7. The number of amides is 1. The predicted octanol–water partition coefficient (Wildman–Crippen LogP) is 4.37.